The van der Waals surface area contributed by atoms with Gasteiger partial charge in [-0.05, 0) is 18.3 Å². The van der Waals surface area contributed by atoms with E-state index in [9.17, 15) is 5.11 Å². The van der Waals surface area contributed by atoms with Crippen LogP contribution in [0, 0.1) is 11.3 Å². The van der Waals surface area contributed by atoms with Crippen molar-refractivity contribution in [2.45, 2.75) is 19.3 Å². The maximum atomic E-state index is 9.26. The minimum absolute atomic E-state index is 0.244. The van der Waals surface area contributed by atoms with Crippen LogP contribution < -0.4 is 0 Å². The Hall–Kier alpha value is -0.120. The molecule has 2 fully saturated rings. The average molecular weight is 185 g/mol. The highest BCUT2D eigenvalue weighted by Gasteiger charge is 2.49. The predicted molar refractivity (Wildman–Crippen MR) is 50.4 cm³/mol. The molecule has 1 saturated carbocycles. The monoisotopic (exact) mass is 185 g/mol. The summed E-state index contributed by atoms with van der Waals surface area (Å²) in [5.41, 5.74) is 0.421. The van der Waals surface area contributed by atoms with Gasteiger partial charge in [0, 0.05) is 32.2 Å². The van der Waals surface area contributed by atoms with E-state index in [4.69, 9.17) is 5.11 Å². The van der Waals surface area contributed by atoms with Crippen molar-refractivity contribution < 1.29 is 10.2 Å². The van der Waals surface area contributed by atoms with Gasteiger partial charge in [-0.15, -0.1) is 0 Å². The van der Waals surface area contributed by atoms with Gasteiger partial charge < -0.3 is 15.1 Å². The fraction of sp³-hybridized carbons (Fsp3) is 1.00. The fourth-order valence-corrected chi connectivity index (χ4v) is 2.90. The topological polar surface area (TPSA) is 43.7 Å². The normalized spacial score (nSPS) is 32.3. The summed E-state index contributed by atoms with van der Waals surface area (Å²) in [5.74, 6) is 0.466. The lowest BCUT2D eigenvalue weighted by Crippen LogP contribution is -2.39. The molecule has 13 heavy (non-hydrogen) atoms. The van der Waals surface area contributed by atoms with Gasteiger partial charge in [0.25, 0.3) is 0 Å². The smallest absolute Gasteiger partial charge is 0.0558 e. The van der Waals surface area contributed by atoms with Crippen molar-refractivity contribution in [3.05, 3.63) is 0 Å². The van der Waals surface area contributed by atoms with E-state index < -0.39 is 0 Å². The van der Waals surface area contributed by atoms with Gasteiger partial charge in [0.1, 0.15) is 0 Å². The number of hydrogen-bond donors (Lipinski definition) is 2. The molecule has 1 aliphatic heterocycles. The molecular weight excluding hydrogens is 166 g/mol. The zero-order chi connectivity index (χ0) is 9.31. The summed E-state index contributed by atoms with van der Waals surface area (Å²) >= 11 is 0. The molecule has 1 atom stereocenters. The van der Waals surface area contributed by atoms with E-state index in [-0.39, 0.29) is 6.61 Å². The SMILES string of the molecule is OCCN1C[C@H](CO)C2(CCC2)C1. The molecule has 3 heteroatoms. The highest BCUT2D eigenvalue weighted by molar-refractivity contribution is 5.01. The summed E-state index contributed by atoms with van der Waals surface area (Å²) in [7, 11) is 0. The molecule has 0 radical (unpaired) electrons. The standard InChI is InChI=1S/C10H19NO2/c12-5-4-11-6-9(7-13)10(8-11)2-1-3-10/h9,12-13H,1-8H2/t9-/m1/s1. The number of aliphatic hydroxyl groups excluding tert-OH is 2. The van der Waals surface area contributed by atoms with E-state index in [0.29, 0.717) is 17.9 Å². The summed E-state index contributed by atoms with van der Waals surface area (Å²) in [5, 5.41) is 18.1. The van der Waals surface area contributed by atoms with Crippen LogP contribution in [0.5, 0.6) is 0 Å². The van der Waals surface area contributed by atoms with Gasteiger partial charge in [-0.1, -0.05) is 6.42 Å². The largest absolute Gasteiger partial charge is 0.396 e. The van der Waals surface area contributed by atoms with Gasteiger partial charge in [-0.25, -0.2) is 0 Å². The molecule has 1 saturated heterocycles. The van der Waals surface area contributed by atoms with Crippen LogP contribution in [0.4, 0.5) is 0 Å². The highest BCUT2D eigenvalue weighted by Crippen LogP contribution is 2.51. The van der Waals surface area contributed by atoms with Crippen molar-refractivity contribution in [3.8, 4) is 0 Å². The lowest BCUT2D eigenvalue weighted by molar-refractivity contribution is 0.0538. The van der Waals surface area contributed by atoms with Crippen molar-refractivity contribution in [2.75, 3.05) is 32.8 Å². The molecule has 2 aliphatic rings. The Labute approximate surface area is 79.4 Å². The van der Waals surface area contributed by atoms with E-state index in [1.54, 1.807) is 0 Å². The third-order valence-corrected chi connectivity index (χ3v) is 3.87. The zero-order valence-corrected chi connectivity index (χ0v) is 8.08. The van der Waals surface area contributed by atoms with Gasteiger partial charge in [0.2, 0.25) is 0 Å². The molecule has 3 nitrogen and oxygen atoms in total. The lowest BCUT2D eigenvalue weighted by Gasteiger charge is -2.42. The summed E-state index contributed by atoms with van der Waals surface area (Å²) in [6.07, 6.45) is 3.88. The summed E-state index contributed by atoms with van der Waals surface area (Å²) in [6.45, 7) is 3.42. The number of nitrogens with zero attached hydrogens (tertiary/aromatic N) is 1. The third kappa shape index (κ3) is 1.49. The van der Waals surface area contributed by atoms with Crippen LogP contribution in [0.15, 0.2) is 0 Å². The number of β-amino-alcohol motifs (C(OH)–C–C–N with tert-alkyl or cyclic N) is 1. The van der Waals surface area contributed by atoms with Gasteiger partial charge in [-0.2, -0.15) is 0 Å². The second kappa shape index (κ2) is 3.56. The minimum atomic E-state index is 0.244. The fourth-order valence-electron chi connectivity index (χ4n) is 2.90. The molecule has 0 bridgehead atoms. The van der Waals surface area contributed by atoms with Crippen LogP contribution in [0.25, 0.3) is 0 Å². The molecule has 0 aromatic rings. The van der Waals surface area contributed by atoms with Crippen LogP contribution in [0.2, 0.25) is 0 Å². The van der Waals surface area contributed by atoms with Crippen LogP contribution in [0.1, 0.15) is 19.3 Å². The van der Waals surface area contributed by atoms with Crippen LogP contribution in [0.3, 0.4) is 0 Å². The molecule has 1 aliphatic carbocycles. The second-order valence-corrected chi connectivity index (χ2v) is 4.55. The molecule has 1 heterocycles. The van der Waals surface area contributed by atoms with Crippen molar-refractivity contribution in [1.29, 1.82) is 0 Å². The molecule has 0 amide bonds. The van der Waals surface area contributed by atoms with E-state index >= 15 is 0 Å². The van der Waals surface area contributed by atoms with Gasteiger partial charge in [0.15, 0.2) is 0 Å². The number of likely N-dealkylation sites (tertiary alicyclic amines) is 1. The summed E-state index contributed by atoms with van der Waals surface area (Å²) in [4.78, 5) is 2.29. The molecule has 2 rings (SSSR count). The molecule has 0 aromatic heterocycles. The molecule has 0 aromatic carbocycles. The van der Waals surface area contributed by atoms with Gasteiger partial charge >= 0.3 is 0 Å². The summed E-state index contributed by atoms with van der Waals surface area (Å²) < 4.78 is 0. The van der Waals surface area contributed by atoms with E-state index in [1.165, 1.54) is 19.3 Å². The van der Waals surface area contributed by atoms with Crippen molar-refractivity contribution in [2.24, 2.45) is 11.3 Å². The Bertz CT molecular complexity index is 180. The van der Waals surface area contributed by atoms with Crippen LogP contribution in [-0.2, 0) is 0 Å². The maximum Gasteiger partial charge on any atom is 0.0558 e. The minimum Gasteiger partial charge on any atom is -0.396 e. The quantitative estimate of drug-likeness (QED) is 0.654. The first-order chi connectivity index (χ1) is 6.30. The third-order valence-electron chi connectivity index (χ3n) is 3.87. The highest BCUT2D eigenvalue weighted by atomic mass is 16.3. The van der Waals surface area contributed by atoms with Crippen molar-refractivity contribution in [3.63, 3.8) is 0 Å². The average Bonchev–Trinajstić information content (AvgIpc) is 2.43. The Balaban J connectivity index is 1.96. The Morgan fingerprint density at radius 3 is 2.46 bits per heavy atom. The molecular formula is C10H19NO2. The van der Waals surface area contributed by atoms with E-state index in [2.05, 4.69) is 4.90 Å². The van der Waals surface area contributed by atoms with Gasteiger partial charge in [0.05, 0.1) is 6.61 Å². The van der Waals surface area contributed by atoms with Crippen LogP contribution >= 0.6 is 0 Å². The second-order valence-electron chi connectivity index (χ2n) is 4.55. The zero-order valence-electron chi connectivity index (χ0n) is 8.08. The van der Waals surface area contributed by atoms with E-state index in [0.717, 1.165) is 19.6 Å². The van der Waals surface area contributed by atoms with Crippen LogP contribution in [-0.4, -0.2) is 48.0 Å². The van der Waals surface area contributed by atoms with Gasteiger partial charge in [-0.3, -0.25) is 0 Å². The van der Waals surface area contributed by atoms with E-state index in [1.807, 2.05) is 0 Å². The van der Waals surface area contributed by atoms with Crippen molar-refractivity contribution in [1.82, 2.24) is 4.90 Å². The number of hydrogen-bond acceptors (Lipinski definition) is 3. The Morgan fingerprint density at radius 1 is 1.31 bits per heavy atom. The Kier molecular flexibility index (Phi) is 2.58. The first kappa shape index (κ1) is 9.44. The van der Waals surface area contributed by atoms with Crippen molar-refractivity contribution >= 4 is 0 Å². The first-order valence-electron chi connectivity index (χ1n) is 5.25. The molecule has 1 spiro atoms. The first-order valence-corrected chi connectivity index (χ1v) is 5.25. The molecule has 0 unspecified atom stereocenters. The maximum absolute atomic E-state index is 9.26. The number of aliphatic hydroxyl groups is 2. The molecule has 2 N–H and O–H groups in total. The summed E-state index contributed by atoms with van der Waals surface area (Å²) in [6, 6.07) is 0. The Morgan fingerprint density at radius 2 is 2.08 bits per heavy atom. The molecule has 76 valence electrons. The lowest BCUT2D eigenvalue weighted by atomic mass is 9.63. The predicted octanol–water partition coefficient (Wildman–Crippen LogP) is 0.0731. The number of rotatable bonds is 3.